The number of aromatic nitrogens is 7. The molecule has 2 amide bonds. The minimum atomic E-state index is -0.428. The number of urea groups is 1. The topological polar surface area (TPSA) is 130 Å². The van der Waals surface area contributed by atoms with E-state index in [-0.39, 0.29) is 18.0 Å². The zero-order chi connectivity index (χ0) is 25.9. The molecule has 11 nitrogen and oxygen atoms in total. The van der Waals surface area contributed by atoms with Crippen molar-refractivity contribution in [3.63, 3.8) is 0 Å². The molecule has 0 spiro atoms. The average Bonchev–Trinajstić information content (AvgIpc) is 3.51. The minimum Gasteiger partial charge on any atom is -0.331 e. The molecule has 192 valence electrons. The Morgan fingerprint density at radius 1 is 1.19 bits per heavy atom. The van der Waals surface area contributed by atoms with Gasteiger partial charge in [-0.1, -0.05) is 6.07 Å². The number of hydrogen-bond donors (Lipinski definition) is 3. The zero-order valence-corrected chi connectivity index (χ0v) is 20.9. The molecule has 4 aromatic rings. The van der Waals surface area contributed by atoms with Gasteiger partial charge in [0.1, 0.15) is 11.6 Å². The molecule has 0 bridgehead atoms. The first-order chi connectivity index (χ1) is 17.8. The summed E-state index contributed by atoms with van der Waals surface area (Å²) >= 11 is 0. The highest BCUT2D eigenvalue weighted by atomic mass is 19.1. The van der Waals surface area contributed by atoms with Crippen molar-refractivity contribution in [1.82, 2.24) is 45.1 Å². The molecule has 2 atom stereocenters. The second-order valence-electron chi connectivity index (χ2n) is 9.32. The lowest BCUT2D eigenvalue weighted by Crippen LogP contribution is -2.45. The number of likely N-dealkylation sites (tertiary alicyclic amines) is 1. The lowest BCUT2D eigenvalue weighted by Gasteiger charge is -2.33. The molecule has 0 radical (unpaired) electrons. The second kappa shape index (κ2) is 10.3. The number of H-pyrrole nitrogens is 1. The lowest BCUT2D eigenvalue weighted by atomic mass is 9.97. The van der Waals surface area contributed by atoms with Crippen LogP contribution in [0.1, 0.15) is 54.5 Å². The number of hydrogen-bond acceptors (Lipinski definition) is 7. The summed E-state index contributed by atoms with van der Waals surface area (Å²) in [5.41, 5.74) is 2.64. The van der Waals surface area contributed by atoms with E-state index in [2.05, 4.69) is 35.9 Å². The van der Waals surface area contributed by atoms with E-state index in [1.165, 1.54) is 10.9 Å². The highest BCUT2D eigenvalue weighted by Gasteiger charge is 2.28. The molecule has 3 N–H and O–H groups in total. The van der Waals surface area contributed by atoms with Crippen LogP contribution < -0.4 is 10.6 Å². The molecule has 0 saturated carbocycles. The fourth-order valence-corrected chi connectivity index (χ4v) is 4.40. The Morgan fingerprint density at radius 3 is 2.76 bits per heavy atom. The van der Waals surface area contributed by atoms with E-state index in [9.17, 15) is 9.18 Å². The van der Waals surface area contributed by atoms with Crippen molar-refractivity contribution in [3.8, 4) is 5.82 Å². The number of nitrogens with one attached hydrogen (secondary N) is 3. The predicted molar refractivity (Wildman–Crippen MR) is 135 cm³/mol. The van der Waals surface area contributed by atoms with Crippen LogP contribution >= 0.6 is 0 Å². The van der Waals surface area contributed by atoms with E-state index in [0.717, 1.165) is 41.8 Å². The third-order valence-electron chi connectivity index (χ3n) is 6.30. The highest BCUT2D eigenvalue weighted by molar-refractivity contribution is 5.75. The maximum Gasteiger partial charge on any atom is 0.317 e. The molecular weight excluding hydrogens is 475 g/mol. The number of carbonyl (C=O) groups is 1. The largest absolute Gasteiger partial charge is 0.331 e. The normalized spacial score (nSPS) is 16.4. The molecule has 2 unspecified atom stereocenters. The zero-order valence-electron chi connectivity index (χ0n) is 20.9. The number of carbonyl (C=O) groups excluding carboxylic acids is 1. The fourth-order valence-electron chi connectivity index (χ4n) is 4.40. The fraction of sp³-hybridized carbons (Fsp3) is 0.360. The number of anilines is 2. The van der Waals surface area contributed by atoms with Gasteiger partial charge in [-0.05, 0) is 45.2 Å². The van der Waals surface area contributed by atoms with Gasteiger partial charge in [0, 0.05) is 48.7 Å². The van der Waals surface area contributed by atoms with Gasteiger partial charge < -0.3 is 15.5 Å². The number of amides is 2. The number of rotatable bonds is 6. The first kappa shape index (κ1) is 24.3. The first-order valence-corrected chi connectivity index (χ1v) is 12.2. The predicted octanol–water partition coefficient (Wildman–Crippen LogP) is 3.93. The summed E-state index contributed by atoms with van der Waals surface area (Å²) in [6.07, 6.45) is 5.82. The molecule has 1 saturated heterocycles. The van der Waals surface area contributed by atoms with Crippen LogP contribution in [0.25, 0.3) is 5.82 Å². The van der Waals surface area contributed by atoms with E-state index < -0.39 is 5.82 Å². The van der Waals surface area contributed by atoms with Gasteiger partial charge in [0.15, 0.2) is 17.5 Å². The summed E-state index contributed by atoms with van der Waals surface area (Å²) in [5, 5.41) is 17.3. The Labute approximate surface area is 213 Å². The van der Waals surface area contributed by atoms with Gasteiger partial charge in [-0.3, -0.25) is 5.10 Å². The molecule has 37 heavy (non-hydrogen) atoms. The number of aryl methyl sites for hydroxylation is 2. The van der Waals surface area contributed by atoms with Crippen LogP contribution in [-0.4, -0.2) is 59.0 Å². The van der Waals surface area contributed by atoms with E-state index in [1.807, 2.05) is 43.9 Å². The third kappa shape index (κ3) is 5.74. The Morgan fingerprint density at radius 2 is 2.05 bits per heavy atom. The van der Waals surface area contributed by atoms with Crippen LogP contribution in [0, 0.1) is 19.7 Å². The van der Waals surface area contributed by atoms with Gasteiger partial charge in [0.25, 0.3) is 0 Å². The van der Waals surface area contributed by atoms with Crippen LogP contribution in [0.2, 0.25) is 0 Å². The molecule has 0 aromatic carbocycles. The van der Waals surface area contributed by atoms with Gasteiger partial charge in [-0.15, -0.1) is 0 Å². The Kier molecular flexibility index (Phi) is 6.80. The van der Waals surface area contributed by atoms with Crippen LogP contribution in [0.15, 0.2) is 42.9 Å². The van der Waals surface area contributed by atoms with Crippen molar-refractivity contribution in [1.29, 1.82) is 0 Å². The van der Waals surface area contributed by atoms with Crippen molar-refractivity contribution in [2.75, 3.05) is 18.4 Å². The molecule has 1 aliphatic rings. The monoisotopic (exact) mass is 504 g/mol. The molecule has 1 aliphatic heterocycles. The quantitative estimate of drug-likeness (QED) is 0.363. The average molecular weight is 505 g/mol. The summed E-state index contributed by atoms with van der Waals surface area (Å²) in [5.74, 6) is 2.20. The maximum atomic E-state index is 13.2. The maximum absolute atomic E-state index is 13.2. The summed E-state index contributed by atoms with van der Waals surface area (Å²) in [6.45, 7) is 6.98. The first-order valence-electron chi connectivity index (χ1n) is 12.2. The van der Waals surface area contributed by atoms with E-state index in [4.69, 9.17) is 4.98 Å². The summed E-state index contributed by atoms with van der Waals surface area (Å²) in [4.78, 5) is 28.6. The summed E-state index contributed by atoms with van der Waals surface area (Å²) in [6, 6.07) is 6.98. The molecule has 5 rings (SSSR count). The van der Waals surface area contributed by atoms with E-state index in [1.54, 1.807) is 12.3 Å². The van der Waals surface area contributed by atoms with Crippen molar-refractivity contribution in [3.05, 3.63) is 71.4 Å². The van der Waals surface area contributed by atoms with Gasteiger partial charge in [-0.2, -0.15) is 10.2 Å². The van der Waals surface area contributed by atoms with Crippen LogP contribution in [-0.2, 0) is 0 Å². The van der Waals surface area contributed by atoms with E-state index in [0.29, 0.717) is 30.5 Å². The Balaban J connectivity index is 1.22. The van der Waals surface area contributed by atoms with Crippen LogP contribution in [0.3, 0.4) is 0 Å². The van der Waals surface area contributed by atoms with Crippen LogP contribution in [0.5, 0.6) is 0 Å². The number of nitrogens with zero attached hydrogens (tertiary/aromatic N) is 7. The van der Waals surface area contributed by atoms with Crippen LogP contribution in [0.4, 0.5) is 20.8 Å². The van der Waals surface area contributed by atoms with E-state index >= 15 is 0 Å². The van der Waals surface area contributed by atoms with Crippen molar-refractivity contribution < 1.29 is 9.18 Å². The summed E-state index contributed by atoms with van der Waals surface area (Å²) in [7, 11) is 0. The standard InChI is InChI=1S/C25H29FN10O/c1-15-9-21(31-22-10-16(2)33-34-22)32-24(29-15)19-5-4-8-35(13-19)25(37)30-17(3)18-6-7-23(27-11-18)36-14-20(26)12-28-36/h6-7,9-12,14,17,19H,4-5,8,13H2,1-3H3,(H,30,37)(H2,29,31,32,33,34). The van der Waals surface area contributed by atoms with Crippen molar-refractivity contribution in [2.45, 2.75) is 45.6 Å². The Bertz CT molecular complexity index is 1380. The minimum absolute atomic E-state index is 0.0339. The van der Waals surface area contributed by atoms with Gasteiger partial charge >= 0.3 is 6.03 Å². The molecule has 0 aliphatic carbocycles. The van der Waals surface area contributed by atoms with Gasteiger partial charge in [0.2, 0.25) is 0 Å². The smallest absolute Gasteiger partial charge is 0.317 e. The molecule has 4 aromatic heterocycles. The molecular formula is C25H29FN10O. The molecule has 1 fully saturated rings. The molecule has 12 heteroatoms. The van der Waals surface area contributed by atoms with Crippen molar-refractivity contribution in [2.24, 2.45) is 0 Å². The number of pyridine rings is 1. The summed E-state index contributed by atoms with van der Waals surface area (Å²) < 4.78 is 14.6. The van der Waals surface area contributed by atoms with Gasteiger partial charge in [0.05, 0.1) is 18.4 Å². The number of aromatic amines is 1. The highest BCUT2D eigenvalue weighted by Crippen LogP contribution is 2.27. The van der Waals surface area contributed by atoms with Gasteiger partial charge in [-0.25, -0.2) is 28.8 Å². The van der Waals surface area contributed by atoms with Crippen molar-refractivity contribution >= 4 is 17.7 Å². The SMILES string of the molecule is Cc1cc(Nc2cc(C)[nH]n2)nc(C2CCCN(C(=O)NC(C)c3ccc(-n4cc(F)cn4)nc3)C2)n1. The number of piperidine rings is 1. The lowest BCUT2D eigenvalue weighted by molar-refractivity contribution is 0.175. The third-order valence-corrected chi connectivity index (χ3v) is 6.30. The number of halogens is 1. The molecule has 5 heterocycles. The Hall–Kier alpha value is -4.35. The second-order valence-corrected chi connectivity index (χ2v) is 9.32.